The third kappa shape index (κ3) is 3.49. The second kappa shape index (κ2) is 7.60. The molecule has 0 aromatic heterocycles. The van der Waals surface area contributed by atoms with Crippen LogP contribution in [-0.2, 0) is 4.79 Å². The van der Waals surface area contributed by atoms with E-state index in [9.17, 15) is 9.59 Å². The molecule has 0 unspecified atom stereocenters. The fraction of sp³-hybridized carbons (Fsp3) is 0.182. The first-order valence-corrected chi connectivity index (χ1v) is 8.94. The minimum Gasteiger partial charge on any atom is -0.483 e. The number of nitrogens with one attached hydrogen (secondary N) is 1. The Morgan fingerprint density at radius 3 is 2.82 bits per heavy atom. The van der Waals surface area contributed by atoms with Crippen molar-refractivity contribution < 1.29 is 23.8 Å². The molecule has 6 nitrogen and oxygen atoms in total. The van der Waals surface area contributed by atoms with E-state index in [-0.39, 0.29) is 25.3 Å². The molecule has 1 aliphatic rings. The van der Waals surface area contributed by atoms with Crippen molar-refractivity contribution in [1.29, 1.82) is 0 Å². The van der Waals surface area contributed by atoms with Crippen molar-refractivity contribution in [3.05, 3.63) is 65.7 Å². The van der Waals surface area contributed by atoms with Crippen LogP contribution >= 0.6 is 0 Å². The van der Waals surface area contributed by atoms with E-state index in [2.05, 4.69) is 5.32 Å². The number of ether oxygens (including phenoxy) is 3. The summed E-state index contributed by atoms with van der Waals surface area (Å²) in [7, 11) is 0. The van der Waals surface area contributed by atoms with Crippen LogP contribution in [0.2, 0.25) is 0 Å². The number of carbonyl (C=O) groups is 2. The zero-order valence-electron chi connectivity index (χ0n) is 15.3. The SMILES string of the molecule is C[C@@H](NC(=O)COc1ccc2ccccc2c1C=O)c1ccc2c(c1)OCO2. The molecule has 1 amide bonds. The summed E-state index contributed by atoms with van der Waals surface area (Å²) in [5.74, 6) is 1.47. The molecule has 1 aliphatic heterocycles. The minimum atomic E-state index is -0.282. The molecule has 3 aromatic carbocycles. The van der Waals surface area contributed by atoms with Crippen molar-refractivity contribution in [2.24, 2.45) is 0 Å². The smallest absolute Gasteiger partial charge is 0.258 e. The van der Waals surface area contributed by atoms with Gasteiger partial charge >= 0.3 is 0 Å². The zero-order chi connectivity index (χ0) is 19.5. The van der Waals surface area contributed by atoms with Gasteiger partial charge in [0.15, 0.2) is 24.4 Å². The van der Waals surface area contributed by atoms with Crippen LogP contribution in [0.15, 0.2) is 54.6 Å². The maximum Gasteiger partial charge on any atom is 0.258 e. The molecule has 0 fully saturated rings. The van der Waals surface area contributed by atoms with E-state index in [1.54, 1.807) is 6.07 Å². The molecular formula is C22H19NO5. The molecular weight excluding hydrogens is 358 g/mol. The molecule has 0 radical (unpaired) electrons. The van der Waals surface area contributed by atoms with Gasteiger partial charge in [-0.2, -0.15) is 0 Å². The van der Waals surface area contributed by atoms with Gasteiger partial charge in [-0.25, -0.2) is 0 Å². The zero-order valence-corrected chi connectivity index (χ0v) is 15.3. The van der Waals surface area contributed by atoms with Gasteiger partial charge in [0.2, 0.25) is 6.79 Å². The van der Waals surface area contributed by atoms with Gasteiger partial charge < -0.3 is 19.5 Å². The number of benzene rings is 3. The Bertz CT molecular complexity index is 1050. The van der Waals surface area contributed by atoms with E-state index >= 15 is 0 Å². The van der Waals surface area contributed by atoms with Crippen LogP contribution in [0.5, 0.6) is 17.2 Å². The average Bonchev–Trinajstić information content (AvgIpc) is 3.19. The summed E-state index contributed by atoms with van der Waals surface area (Å²) in [6, 6.07) is 16.4. The van der Waals surface area contributed by atoms with Gasteiger partial charge in [-0.3, -0.25) is 9.59 Å². The van der Waals surface area contributed by atoms with E-state index in [1.165, 1.54) is 0 Å². The molecule has 4 rings (SSSR count). The third-order valence-electron chi connectivity index (χ3n) is 4.68. The highest BCUT2D eigenvalue weighted by Gasteiger charge is 2.17. The van der Waals surface area contributed by atoms with Crippen molar-refractivity contribution >= 4 is 23.0 Å². The van der Waals surface area contributed by atoms with Crippen molar-refractivity contribution in [3.8, 4) is 17.2 Å². The van der Waals surface area contributed by atoms with Crippen LogP contribution in [0.1, 0.15) is 28.9 Å². The summed E-state index contributed by atoms with van der Waals surface area (Å²) in [4.78, 5) is 23.9. The summed E-state index contributed by atoms with van der Waals surface area (Å²) in [6.07, 6.45) is 0.755. The first kappa shape index (κ1) is 17.9. The largest absolute Gasteiger partial charge is 0.483 e. The summed E-state index contributed by atoms with van der Waals surface area (Å²) >= 11 is 0. The minimum absolute atomic E-state index is 0.186. The van der Waals surface area contributed by atoms with Crippen molar-refractivity contribution in [2.45, 2.75) is 13.0 Å². The van der Waals surface area contributed by atoms with Gasteiger partial charge in [0.1, 0.15) is 5.75 Å². The fourth-order valence-electron chi connectivity index (χ4n) is 3.22. The van der Waals surface area contributed by atoms with Crippen LogP contribution in [0.25, 0.3) is 10.8 Å². The van der Waals surface area contributed by atoms with Gasteiger partial charge in [-0.15, -0.1) is 0 Å². The van der Waals surface area contributed by atoms with E-state index in [0.29, 0.717) is 22.8 Å². The van der Waals surface area contributed by atoms with Gasteiger partial charge in [0.05, 0.1) is 11.6 Å². The molecule has 0 spiro atoms. The number of fused-ring (bicyclic) bond motifs is 2. The highest BCUT2D eigenvalue weighted by atomic mass is 16.7. The summed E-state index contributed by atoms with van der Waals surface area (Å²) < 4.78 is 16.3. The number of hydrogen-bond donors (Lipinski definition) is 1. The second-order valence-electron chi connectivity index (χ2n) is 6.51. The lowest BCUT2D eigenvalue weighted by Crippen LogP contribution is -2.31. The van der Waals surface area contributed by atoms with Gasteiger partial charge in [0.25, 0.3) is 5.91 Å². The maximum absolute atomic E-state index is 12.3. The summed E-state index contributed by atoms with van der Waals surface area (Å²) in [5.41, 5.74) is 1.34. The Balaban J connectivity index is 1.42. The van der Waals surface area contributed by atoms with Crippen LogP contribution < -0.4 is 19.5 Å². The molecule has 0 saturated carbocycles. The Morgan fingerprint density at radius 1 is 1.14 bits per heavy atom. The van der Waals surface area contributed by atoms with Crippen LogP contribution in [-0.4, -0.2) is 25.6 Å². The second-order valence-corrected chi connectivity index (χ2v) is 6.51. The molecule has 28 heavy (non-hydrogen) atoms. The quantitative estimate of drug-likeness (QED) is 0.664. The van der Waals surface area contributed by atoms with Crippen molar-refractivity contribution in [1.82, 2.24) is 5.32 Å². The lowest BCUT2D eigenvalue weighted by atomic mass is 10.0. The fourth-order valence-corrected chi connectivity index (χ4v) is 3.22. The first-order valence-electron chi connectivity index (χ1n) is 8.94. The molecule has 6 heteroatoms. The monoisotopic (exact) mass is 377 g/mol. The lowest BCUT2D eigenvalue weighted by molar-refractivity contribution is -0.123. The number of rotatable bonds is 6. The summed E-state index contributed by atoms with van der Waals surface area (Å²) in [5, 5.41) is 4.62. The molecule has 3 aromatic rings. The molecule has 0 bridgehead atoms. The number of aldehydes is 1. The van der Waals surface area contributed by atoms with E-state index in [1.807, 2.05) is 55.5 Å². The molecule has 142 valence electrons. The van der Waals surface area contributed by atoms with Gasteiger partial charge in [-0.1, -0.05) is 36.4 Å². The Labute approximate surface area is 162 Å². The number of amides is 1. The molecule has 1 heterocycles. The highest BCUT2D eigenvalue weighted by Crippen LogP contribution is 2.34. The maximum atomic E-state index is 12.3. The Morgan fingerprint density at radius 2 is 1.96 bits per heavy atom. The Hall–Kier alpha value is -3.54. The van der Waals surface area contributed by atoms with Crippen molar-refractivity contribution in [3.63, 3.8) is 0 Å². The van der Waals surface area contributed by atoms with Crippen LogP contribution in [0.3, 0.4) is 0 Å². The van der Waals surface area contributed by atoms with E-state index in [0.717, 1.165) is 22.6 Å². The van der Waals surface area contributed by atoms with Crippen molar-refractivity contribution in [2.75, 3.05) is 13.4 Å². The molecule has 1 N–H and O–H groups in total. The lowest BCUT2D eigenvalue weighted by Gasteiger charge is -2.16. The summed E-state index contributed by atoms with van der Waals surface area (Å²) in [6.45, 7) is 1.90. The first-order chi connectivity index (χ1) is 13.7. The van der Waals surface area contributed by atoms with E-state index < -0.39 is 0 Å². The normalized spacial score (nSPS) is 13.2. The van der Waals surface area contributed by atoms with Gasteiger partial charge in [0, 0.05) is 0 Å². The highest BCUT2D eigenvalue weighted by molar-refractivity contribution is 6.00. The van der Waals surface area contributed by atoms with Gasteiger partial charge in [-0.05, 0) is 41.5 Å². The Kier molecular flexibility index (Phi) is 4.85. The topological polar surface area (TPSA) is 73.9 Å². The van der Waals surface area contributed by atoms with Crippen LogP contribution in [0.4, 0.5) is 0 Å². The van der Waals surface area contributed by atoms with Crippen LogP contribution in [0, 0.1) is 0 Å². The third-order valence-corrected chi connectivity index (χ3v) is 4.68. The predicted octanol–water partition coefficient (Wildman–Crippen LogP) is 3.64. The predicted molar refractivity (Wildman–Crippen MR) is 104 cm³/mol. The molecule has 1 atom stereocenters. The number of carbonyl (C=O) groups excluding carboxylic acids is 2. The van der Waals surface area contributed by atoms with E-state index in [4.69, 9.17) is 14.2 Å². The molecule has 0 aliphatic carbocycles. The number of hydrogen-bond acceptors (Lipinski definition) is 5. The standard InChI is InChI=1S/C22H19NO5/c1-14(16-7-9-20-21(10-16)28-13-27-20)23-22(25)12-26-19-8-6-15-4-2-3-5-17(15)18(19)11-24/h2-11,14H,12-13H2,1H3,(H,23,25)/t14-/m1/s1. The molecule has 0 saturated heterocycles. The average molecular weight is 377 g/mol.